The molecule has 0 aliphatic heterocycles. The van der Waals surface area contributed by atoms with Crippen molar-refractivity contribution >= 4 is 5.97 Å². The highest BCUT2D eigenvalue weighted by Crippen LogP contribution is 2.12. The second-order valence-electron chi connectivity index (χ2n) is 5.52. The Balaban J connectivity index is 2.65. The van der Waals surface area contributed by atoms with Crippen LogP contribution in [-0.4, -0.2) is 51.2 Å². The van der Waals surface area contributed by atoms with Gasteiger partial charge in [-0.05, 0) is 44.6 Å². The first-order valence-corrected chi connectivity index (χ1v) is 7.12. The Labute approximate surface area is 126 Å². The Kier molecular flexibility index (Phi) is 7.32. The summed E-state index contributed by atoms with van der Waals surface area (Å²) < 4.78 is 18.0. The minimum atomic E-state index is -0.240. The molecule has 1 atom stereocenters. The van der Waals surface area contributed by atoms with Gasteiger partial charge in [0.05, 0.1) is 13.5 Å². The fourth-order valence-electron chi connectivity index (χ4n) is 2.11. The van der Waals surface area contributed by atoms with Crippen LogP contribution in [0.3, 0.4) is 0 Å². The van der Waals surface area contributed by atoms with E-state index in [-0.39, 0.29) is 17.8 Å². The highest BCUT2D eigenvalue weighted by molar-refractivity contribution is 5.70. The van der Waals surface area contributed by atoms with E-state index in [9.17, 15) is 9.18 Å². The molecule has 1 rings (SSSR count). The van der Waals surface area contributed by atoms with Crippen LogP contribution in [0.5, 0.6) is 0 Å². The Hall–Kier alpha value is -1.46. The highest BCUT2D eigenvalue weighted by atomic mass is 19.1. The van der Waals surface area contributed by atoms with Crippen LogP contribution >= 0.6 is 0 Å². The molecule has 0 spiro atoms. The van der Waals surface area contributed by atoms with Crippen LogP contribution in [0.1, 0.15) is 17.5 Å². The molecule has 5 heteroatoms. The van der Waals surface area contributed by atoms with Crippen molar-refractivity contribution in [2.45, 2.75) is 25.8 Å². The minimum Gasteiger partial charge on any atom is -0.469 e. The second-order valence-corrected chi connectivity index (χ2v) is 5.52. The van der Waals surface area contributed by atoms with E-state index < -0.39 is 0 Å². The third kappa shape index (κ3) is 6.69. The molecular formula is C16H25FN2O2. The summed E-state index contributed by atoms with van der Waals surface area (Å²) in [7, 11) is 5.39. The summed E-state index contributed by atoms with van der Waals surface area (Å²) in [5.41, 5.74) is 1.64. The number of carbonyl (C=O) groups excluding carboxylic acids is 1. The molecule has 0 radical (unpaired) electrons. The van der Waals surface area contributed by atoms with Gasteiger partial charge in [0.1, 0.15) is 5.82 Å². The van der Waals surface area contributed by atoms with Crippen molar-refractivity contribution < 1.29 is 13.9 Å². The molecule has 0 saturated carbocycles. The van der Waals surface area contributed by atoms with Crippen LogP contribution in [0.2, 0.25) is 0 Å². The number of ether oxygens (including phenoxy) is 1. The lowest BCUT2D eigenvalue weighted by Gasteiger charge is -2.19. The molecule has 1 aromatic carbocycles. The number of methoxy groups -OCH3 is 1. The van der Waals surface area contributed by atoms with E-state index in [1.807, 2.05) is 20.2 Å². The van der Waals surface area contributed by atoms with Crippen molar-refractivity contribution in [3.8, 4) is 0 Å². The van der Waals surface area contributed by atoms with Crippen LogP contribution < -0.4 is 5.32 Å². The number of halogens is 1. The second kappa shape index (κ2) is 8.74. The number of hydrogen-bond acceptors (Lipinski definition) is 4. The minimum absolute atomic E-state index is 0.0118. The summed E-state index contributed by atoms with van der Waals surface area (Å²) in [5.74, 6) is -0.444. The van der Waals surface area contributed by atoms with E-state index in [2.05, 4.69) is 10.2 Å². The maximum absolute atomic E-state index is 13.3. The average Bonchev–Trinajstić information content (AvgIpc) is 2.42. The van der Waals surface area contributed by atoms with E-state index in [0.717, 1.165) is 18.7 Å². The first-order valence-electron chi connectivity index (χ1n) is 7.12. The Morgan fingerprint density at radius 2 is 2.14 bits per heavy atom. The van der Waals surface area contributed by atoms with Gasteiger partial charge in [0.15, 0.2) is 0 Å². The van der Waals surface area contributed by atoms with Crippen molar-refractivity contribution in [1.29, 1.82) is 0 Å². The van der Waals surface area contributed by atoms with Gasteiger partial charge in [-0.15, -0.1) is 0 Å². The SMILES string of the molecule is COC(=O)CC(Cc1ccc(F)c(C)c1)NCCN(C)C. The van der Waals surface area contributed by atoms with Gasteiger partial charge < -0.3 is 15.0 Å². The Morgan fingerprint density at radius 1 is 1.43 bits per heavy atom. The van der Waals surface area contributed by atoms with Crippen molar-refractivity contribution in [1.82, 2.24) is 10.2 Å². The van der Waals surface area contributed by atoms with Crippen LogP contribution in [0.15, 0.2) is 18.2 Å². The van der Waals surface area contributed by atoms with Crippen LogP contribution in [0.25, 0.3) is 0 Å². The number of nitrogens with zero attached hydrogens (tertiary/aromatic N) is 1. The van der Waals surface area contributed by atoms with Crippen molar-refractivity contribution in [2.75, 3.05) is 34.3 Å². The van der Waals surface area contributed by atoms with Crippen LogP contribution in [0, 0.1) is 12.7 Å². The van der Waals surface area contributed by atoms with E-state index in [0.29, 0.717) is 18.4 Å². The molecule has 1 N–H and O–H groups in total. The largest absolute Gasteiger partial charge is 0.469 e. The summed E-state index contributed by atoms with van der Waals surface area (Å²) in [5, 5.41) is 3.36. The highest BCUT2D eigenvalue weighted by Gasteiger charge is 2.15. The van der Waals surface area contributed by atoms with Gasteiger partial charge in [-0.1, -0.05) is 12.1 Å². The topological polar surface area (TPSA) is 41.6 Å². The first-order chi connectivity index (χ1) is 9.92. The van der Waals surface area contributed by atoms with Crippen LogP contribution in [0.4, 0.5) is 4.39 Å². The fraction of sp³-hybridized carbons (Fsp3) is 0.562. The molecule has 21 heavy (non-hydrogen) atoms. The molecule has 0 saturated heterocycles. The fourth-order valence-corrected chi connectivity index (χ4v) is 2.11. The van der Waals surface area contributed by atoms with Gasteiger partial charge >= 0.3 is 5.97 Å². The summed E-state index contributed by atoms with van der Waals surface area (Å²) in [6.07, 6.45) is 0.976. The zero-order valence-electron chi connectivity index (χ0n) is 13.3. The zero-order chi connectivity index (χ0) is 15.8. The van der Waals surface area contributed by atoms with Gasteiger partial charge in [0.2, 0.25) is 0 Å². The molecule has 1 unspecified atom stereocenters. The van der Waals surface area contributed by atoms with E-state index in [4.69, 9.17) is 4.74 Å². The lowest BCUT2D eigenvalue weighted by Crippen LogP contribution is -2.38. The molecule has 0 heterocycles. The van der Waals surface area contributed by atoms with Gasteiger partial charge in [-0.2, -0.15) is 0 Å². The third-order valence-corrected chi connectivity index (χ3v) is 3.34. The number of rotatable bonds is 8. The monoisotopic (exact) mass is 296 g/mol. The molecule has 0 amide bonds. The maximum Gasteiger partial charge on any atom is 0.307 e. The molecule has 0 bridgehead atoms. The number of likely N-dealkylation sites (N-methyl/N-ethyl adjacent to an activating group) is 1. The summed E-state index contributed by atoms with van der Waals surface area (Å²) in [6, 6.07) is 5.05. The van der Waals surface area contributed by atoms with E-state index >= 15 is 0 Å². The van der Waals surface area contributed by atoms with Gasteiger partial charge in [-0.3, -0.25) is 4.79 Å². The summed E-state index contributed by atoms with van der Waals surface area (Å²) in [4.78, 5) is 13.6. The molecule has 0 aromatic heterocycles. The first kappa shape index (κ1) is 17.6. The predicted molar refractivity (Wildman–Crippen MR) is 81.8 cm³/mol. The summed E-state index contributed by atoms with van der Waals surface area (Å²) in [6.45, 7) is 3.42. The lowest BCUT2D eigenvalue weighted by molar-refractivity contribution is -0.141. The molecule has 1 aromatic rings. The normalized spacial score (nSPS) is 12.5. The molecular weight excluding hydrogens is 271 g/mol. The predicted octanol–water partition coefficient (Wildman–Crippen LogP) is 1.76. The van der Waals surface area contributed by atoms with Crippen molar-refractivity contribution in [2.24, 2.45) is 0 Å². The average molecular weight is 296 g/mol. The molecule has 4 nitrogen and oxygen atoms in total. The van der Waals surface area contributed by atoms with Crippen molar-refractivity contribution in [3.05, 3.63) is 35.1 Å². The maximum atomic E-state index is 13.3. The smallest absolute Gasteiger partial charge is 0.307 e. The number of nitrogens with one attached hydrogen (secondary N) is 1. The number of aryl methyl sites for hydroxylation is 1. The Bertz CT molecular complexity index is 464. The Morgan fingerprint density at radius 3 is 2.71 bits per heavy atom. The van der Waals surface area contributed by atoms with Gasteiger partial charge in [0, 0.05) is 19.1 Å². The molecule has 0 fully saturated rings. The zero-order valence-corrected chi connectivity index (χ0v) is 13.3. The quantitative estimate of drug-likeness (QED) is 0.742. The number of hydrogen-bond donors (Lipinski definition) is 1. The van der Waals surface area contributed by atoms with Gasteiger partial charge in [0.25, 0.3) is 0 Å². The molecule has 118 valence electrons. The molecule has 0 aliphatic rings. The van der Waals surface area contributed by atoms with Crippen LogP contribution in [-0.2, 0) is 16.0 Å². The summed E-state index contributed by atoms with van der Waals surface area (Å²) >= 11 is 0. The molecule has 0 aliphatic carbocycles. The van der Waals surface area contributed by atoms with Crippen molar-refractivity contribution in [3.63, 3.8) is 0 Å². The number of benzene rings is 1. The third-order valence-electron chi connectivity index (χ3n) is 3.34. The lowest BCUT2D eigenvalue weighted by atomic mass is 10.0. The van der Waals surface area contributed by atoms with Gasteiger partial charge in [-0.25, -0.2) is 4.39 Å². The number of esters is 1. The van der Waals surface area contributed by atoms with E-state index in [1.165, 1.54) is 13.2 Å². The van der Waals surface area contributed by atoms with E-state index in [1.54, 1.807) is 13.0 Å². The standard InChI is InChI=1S/C16H25FN2O2/c1-12-9-13(5-6-15(12)17)10-14(11-16(20)21-4)18-7-8-19(2)3/h5-6,9,14,18H,7-8,10-11H2,1-4H3. The number of carbonyl (C=O) groups is 1.